The van der Waals surface area contributed by atoms with Crippen LogP contribution in [0.2, 0.25) is 0 Å². The summed E-state index contributed by atoms with van der Waals surface area (Å²) in [5.74, 6) is -1.46. The van der Waals surface area contributed by atoms with Gasteiger partial charge in [-0.25, -0.2) is 9.59 Å². The van der Waals surface area contributed by atoms with E-state index >= 15 is 0 Å². The SMILES string of the molecule is C=C/C(Nc1cccc(C(F)(F)F)c1)=C(\C=C)C(=O)OCCOCCOCCOCCOC(=O)c1ccccc1Nc1cccc(C(F)(F)F)c1. The maximum absolute atomic E-state index is 13.0. The summed E-state index contributed by atoms with van der Waals surface area (Å²) in [6, 6.07) is 15.3. The molecule has 274 valence electrons. The molecule has 9 nitrogen and oxygen atoms in total. The molecule has 3 aromatic carbocycles. The Hall–Kier alpha value is -5.12. The van der Waals surface area contributed by atoms with Gasteiger partial charge in [-0.1, -0.05) is 43.5 Å². The third kappa shape index (κ3) is 13.6. The Morgan fingerprint density at radius 2 is 1.14 bits per heavy atom. The number of para-hydroxylation sites is 1. The second kappa shape index (κ2) is 19.9. The quantitative estimate of drug-likeness (QED) is 0.0395. The molecule has 0 aliphatic rings. The smallest absolute Gasteiger partial charge is 0.416 e. The number of benzene rings is 3. The standard InChI is InChI=1S/C36H36F6N2O7/c1-3-29(31(4-2)43-27-11-7-9-25(23-27)35(37,38)39)33(45)50-21-19-48-17-15-47-16-18-49-20-22-51-34(46)30-13-5-6-14-32(30)44-28-12-8-10-26(24-28)36(40,41)42/h3-14,23-24,43-44H,1-2,15-22H2/b31-29-. The van der Waals surface area contributed by atoms with E-state index in [1.165, 1.54) is 42.5 Å². The Morgan fingerprint density at radius 1 is 0.627 bits per heavy atom. The average molecular weight is 723 g/mol. The molecule has 0 atom stereocenters. The molecule has 15 heteroatoms. The van der Waals surface area contributed by atoms with E-state index in [9.17, 15) is 35.9 Å². The van der Waals surface area contributed by atoms with Gasteiger partial charge in [-0.2, -0.15) is 26.3 Å². The summed E-state index contributed by atoms with van der Waals surface area (Å²) in [5, 5.41) is 5.55. The van der Waals surface area contributed by atoms with Crippen LogP contribution in [0, 0.1) is 0 Å². The first kappa shape index (κ1) is 40.3. The monoisotopic (exact) mass is 722 g/mol. The summed E-state index contributed by atoms with van der Waals surface area (Å²) in [4.78, 5) is 25.1. The number of carbonyl (C=O) groups excluding carboxylic acids is 2. The lowest BCUT2D eigenvalue weighted by molar-refractivity contribution is -0.140. The van der Waals surface area contributed by atoms with Crippen molar-refractivity contribution in [3.8, 4) is 0 Å². The molecule has 0 fully saturated rings. The second-order valence-corrected chi connectivity index (χ2v) is 10.3. The number of anilines is 3. The van der Waals surface area contributed by atoms with Gasteiger partial charge in [0, 0.05) is 11.4 Å². The first-order valence-electron chi connectivity index (χ1n) is 15.4. The maximum atomic E-state index is 13.0. The molecule has 0 saturated heterocycles. The van der Waals surface area contributed by atoms with Gasteiger partial charge >= 0.3 is 24.3 Å². The minimum Gasteiger partial charge on any atom is -0.460 e. The number of hydrogen-bond acceptors (Lipinski definition) is 9. The van der Waals surface area contributed by atoms with Gasteiger partial charge in [-0.3, -0.25) is 0 Å². The van der Waals surface area contributed by atoms with E-state index in [0.717, 1.165) is 24.3 Å². The molecule has 0 bridgehead atoms. The predicted octanol–water partition coefficient (Wildman–Crippen LogP) is 7.96. The first-order chi connectivity index (χ1) is 24.3. The molecule has 0 heterocycles. The molecule has 0 amide bonds. The van der Waals surface area contributed by atoms with E-state index in [2.05, 4.69) is 23.8 Å². The molecule has 3 aromatic rings. The number of halogens is 6. The van der Waals surface area contributed by atoms with Crippen molar-refractivity contribution in [1.82, 2.24) is 0 Å². The van der Waals surface area contributed by atoms with E-state index in [1.54, 1.807) is 18.2 Å². The number of allylic oxidation sites excluding steroid dienone is 1. The molecular formula is C36H36F6N2O7. The molecule has 2 N–H and O–H groups in total. The fraction of sp³-hybridized carbons (Fsp3) is 0.278. The number of nitrogens with one attached hydrogen (secondary N) is 2. The first-order valence-corrected chi connectivity index (χ1v) is 15.4. The summed E-state index contributed by atoms with van der Waals surface area (Å²) >= 11 is 0. The van der Waals surface area contributed by atoms with Crippen LogP contribution in [0.1, 0.15) is 21.5 Å². The lowest BCUT2D eigenvalue weighted by atomic mass is 10.1. The Balaban J connectivity index is 1.27. The molecule has 0 spiro atoms. The highest BCUT2D eigenvalue weighted by Gasteiger charge is 2.31. The summed E-state index contributed by atoms with van der Waals surface area (Å²) in [6.07, 6.45) is -6.58. The van der Waals surface area contributed by atoms with Crippen LogP contribution in [0.15, 0.2) is 109 Å². The minimum atomic E-state index is -4.53. The van der Waals surface area contributed by atoms with Gasteiger partial charge in [-0.15, -0.1) is 0 Å². The number of esters is 2. The number of hydrogen-bond donors (Lipinski definition) is 2. The van der Waals surface area contributed by atoms with E-state index in [1.807, 2.05) is 0 Å². The van der Waals surface area contributed by atoms with Crippen molar-refractivity contribution in [2.45, 2.75) is 12.4 Å². The van der Waals surface area contributed by atoms with E-state index < -0.39 is 35.4 Å². The second-order valence-electron chi connectivity index (χ2n) is 10.3. The number of rotatable bonds is 20. The Kier molecular flexibility index (Phi) is 15.7. The lowest BCUT2D eigenvalue weighted by Crippen LogP contribution is -2.17. The van der Waals surface area contributed by atoms with Crippen LogP contribution in [-0.4, -0.2) is 64.8 Å². The van der Waals surface area contributed by atoms with Gasteiger partial charge in [0.1, 0.15) is 13.2 Å². The third-order valence-electron chi connectivity index (χ3n) is 6.67. The van der Waals surface area contributed by atoms with Crippen LogP contribution in [0.4, 0.5) is 43.4 Å². The summed E-state index contributed by atoms with van der Waals surface area (Å²) in [6.45, 7) is 7.90. The van der Waals surface area contributed by atoms with Crippen LogP contribution in [-0.2, 0) is 40.8 Å². The predicted molar refractivity (Wildman–Crippen MR) is 177 cm³/mol. The van der Waals surface area contributed by atoms with Crippen molar-refractivity contribution in [2.75, 3.05) is 63.5 Å². The fourth-order valence-electron chi connectivity index (χ4n) is 4.24. The zero-order valence-corrected chi connectivity index (χ0v) is 27.3. The third-order valence-corrected chi connectivity index (χ3v) is 6.67. The van der Waals surface area contributed by atoms with Gasteiger partial charge in [0.25, 0.3) is 0 Å². The highest BCUT2D eigenvalue weighted by Crippen LogP contribution is 2.33. The highest BCUT2D eigenvalue weighted by atomic mass is 19.4. The van der Waals surface area contributed by atoms with Crippen molar-refractivity contribution < 1.29 is 59.6 Å². The molecule has 0 aromatic heterocycles. The van der Waals surface area contributed by atoms with Crippen molar-refractivity contribution in [1.29, 1.82) is 0 Å². The lowest BCUT2D eigenvalue weighted by Gasteiger charge is -2.14. The zero-order chi connectivity index (χ0) is 37.3. The molecule has 0 radical (unpaired) electrons. The summed E-state index contributed by atoms with van der Waals surface area (Å²) < 4.78 is 105. The zero-order valence-electron chi connectivity index (χ0n) is 27.3. The van der Waals surface area contributed by atoms with E-state index in [4.69, 9.17) is 23.7 Å². The van der Waals surface area contributed by atoms with Gasteiger partial charge < -0.3 is 34.3 Å². The number of ether oxygens (including phenoxy) is 5. The van der Waals surface area contributed by atoms with Gasteiger partial charge in [-0.05, 0) is 54.6 Å². The van der Waals surface area contributed by atoms with Crippen LogP contribution >= 0.6 is 0 Å². The highest BCUT2D eigenvalue weighted by molar-refractivity contribution is 5.96. The molecule has 3 rings (SSSR count). The van der Waals surface area contributed by atoms with Crippen LogP contribution in [0.5, 0.6) is 0 Å². The molecule has 0 unspecified atom stereocenters. The fourth-order valence-corrected chi connectivity index (χ4v) is 4.24. The molecule has 0 aliphatic carbocycles. The normalized spacial score (nSPS) is 12.0. The van der Waals surface area contributed by atoms with Crippen molar-refractivity contribution in [3.63, 3.8) is 0 Å². The van der Waals surface area contributed by atoms with E-state index in [-0.39, 0.29) is 86.8 Å². The summed E-state index contributed by atoms with van der Waals surface area (Å²) in [5.41, 5.74) is -0.938. The Morgan fingerprint density at radius 3 is 1.69 bits per heavy atom. The van der Waals surface area contributed by atoms with E-state index in [0.29, 0.717) is 0 Å². The Labute approximate surface area is 290 Å². The van der Waals surface area contributed by atoms with Crippen LogP contribution < -0.4 is 10.6 Å². The van der Waals surface area contributed by atoms with Crippen LogP contribution in [0.25, 0.3) is 0 Å². The maximum Gasteiger partial charge on any atom is 0.416 e. The van der Waals surface area contributed by atoms with Crippen LogP contribution in [0.3, 0.4) is 0 Å². The van der Waals surface area contributed by atoms with Gasteiger partial charge in [0.05, 0.1) is 73.3 Å². The summed E-state index contributed by atoms with van der Waals surface area (Å²) in [7, 11) is 0. The largest absolute Gasteiger partial charge is 0.460 e. The van der Waals surface area contributed by atoms with Crippen molar-refractivity contribution in [3.05, 3.63) is 126 Å². The average Bonchev–Trinajstić information content (AvgIpc) is 3.09. The number of carbonyl (C=O) groups is 2. The Bertz CT molecular complexity index is 1660. The van der Waals surface area contributed by atoms with Gasteiger partial charge in [0.15, 0.2) is 0 Å². The minimum absolute atomic E-state index is 0.0311. The van der Waals surface area contributed by atoms with Crippen molar-refractivity contribution >= 4 is 29.0 Å². The molecule has 0 aliphatic heterocycles. The number of alkyl halides is 6. The van der Waals surface area contributed by atoms with Crippen molar-refractivity contribution in [2.24, 2.45) is 0 Å². The topological polar surface area (TPSA) is 104 Å². The molecule has 0 saturated carbocycles. The molecule has 51 heavy (non-hydrogen) atoms. The van der Waals surface area contributed by atoms with Gasteiger partial charge in [0.2, 0.25) is 0 Å². The molecular weight excluding hydrogens is 686 g/mol.